The molecule has 1 amide bonds. The van der Waals surface area contributed by atoms with Crippen molar-refractivity contribution in [3.05, 3.63) is 41.6 Å². The number of hydrogen-bond donors (Lipinski definition) is 0. The molecule has 4 heteroatoms. The Morgan fingerprint density at radius 3 is 2.83 bits per heavy atom. The zero-order valence-corrected chi connectivity index (χ0v) is 14.4. The molecule has 0 spiro atoms. The number of fused-ring (bicyclic) bond motifs is 1. The maximum Gasteiger partial charge on any atom is 0.255 e. The van der Waals surface area contributed by atoms with Crippen molar-refractivity contribution in [2.24, 2.45) is 5.92 Å². The van der Waals surface area contributed by atoms with Gasteiger partial charge in [-0.05, 0) is 50.8 Å². The molecule has 1 aromatic heterocycles. The predicted molar refractivity (Wildman–Crippen MR) is 96.2 cm³/mol. The van der Waals surface area contributed by atoms with Gasteiger partial charge in [0.2, 0.25) is 0 Å². The number of pyridine rings is 1. The number of nitrogens with zero attached hydrogens (tertiary/aromatic N) is 3. The topological polar surface area (TPSA) is 36.4 Å². The van der Waals surface area contributed by atoms with Gasteiger partial charge in [0.1, 0.15) is 0 Å². The normalized spacial score (nSPS) is 19.5. The number of para-hydroxylation sites is 1. The van der Waals surface area contributed by atoms with Crippen LogP contribution >= 0.6 is 0 Å². The lowest BCUT2D eigenvalue weighted by molar-refractivity contribution is 0.0760. The number of carbonyl (C=O) groups excluding carboxylic acids is 1. The number of carbonyl (C=O) groups is 1. The van der Waals surface area contributed by atoms with Crippen molar-refractivity contribution in [1.82, 2.24) is 14.8 Å². The average molecular weight is 323 g/mol. The lowest BCUT2D eigenvalue weighted by Gasteiger charge is -2.22. The SMILES string of the molecule is Cc1nc2ccccc2cc1C(=O)N1CCCN(CC2CC2)CC1. The molecular formula is C20H25N3O. The van der Waals surface area contributed by atoms with Gasteiger partial charge in [0, 0.05) is 31.6 Å². The van der Waals surface area contributed by atoms with Crippen LogP contribution in [-0.4, -0.2) is 53.4 Å². The Morgan fingerprint density at radius 1 is 1.17 bits per heavy atom. The highest BCUT2D eigenvalue weighted by Gasteiger charge is 2.27. The van der Waals surface area contributed by atoms with E-state index < -0.39 is 0 Å². The Bertz CT molecular complexity index is 754. The van der Waals surface area contributed by atoms with E-state index >= 15 is 0 Å². The molecule has 1 aromatic carbocycles. The smallest absolute Gasteiger partial charge is 0.255 e. The molecule has 0 atom stereocenters. The standard InChI is InChI=1S/C20H25N3O/c1-15-18(13-17-5-2-3-6-19(17)21-15)20(24)23-10-4-9-22(11-12-23)14-16-7-8-16/h2-3,5-6,13,16H,4,7-12,14H2,1H3. The van der Waals surface area contributed by atoms with Crippen LogP contribution in [0.4, 0.5) is 0 Å². The fourth-order valence-corrected chi connectivity index (χ4v) is 3.62. The van der Waals surface area contributed by atoms with Crippen LogP contribution in [0.15, 0.2) is 30.3 Å². The van der Waals surface area contributed by atoms with Crippen LogP contribution in [0.25, 0.3) is 10.9 Å². The van der Waals surface area contributed by atoms with Crippen molar-refractivity contribution in [3.8, 4) is 0 Å². The minimum Gasteiger partial charge on any atom is -0.337 e. The summed E-state index contributed by atoms with van der Waals surface area (Å²) in [6.45, 7) is 6.97. The Hall–Kier alpha value is -1.94. The number of rotatable bonds is 3. The Kier molecular flexibility index (Phi) is 4.23. The van der Waals surface area contributed by atoms with E-state index in [1.54, 1.807) is 0 Å². The van der Waals surface area contributed by atoms with E-state index in [1.807, 2.05) is 42.2 Å². The van der Waals surface area contributed by atoms with Gasteiger partial charge < -0.3 is 9.80 Å². The Labute approximate surface area is 143 Å². The molecule has 0 bridgehead atoms. The van der Waals surface area contributed by atoms with Crippen molar-refractivity contribution in [2.75, 3.05) is 32.7 Å². The first-order valence-corrected chi connectivity index (χ1v) is 9.09. The highest BCUT2D eigenvalue weighted by Crippen LogP contribution is 2.30. The highest BCUT2D eigenvalue weighted by molar-refractivity contribution is 5.98. The lowest BCUT2D eigenvalue weighted by Crippen LogP contribution is -2.36. The molecule has 1 saturated heterocycles. The molecule has 4 rings (SSSR count). The molecule has 126 valence electrons. The second-order valence-electron chi connectivity index (χ2n) is 7.20. The third-order valence-electron chi connectivity index (χ3n) is 5.23. The predicted octanol–water partition coefficient (Wildman–Crippen LogP) is 3.10. The summed E-state index contributed by atoms with van der Waals surface area (Å²) >= 11 is 0. The molecule has 2 heterocycles. The molecule has 1 saturated carbocycles. The molecule has 4 nitrogen and oxygen atoms in total. The van der Waals surface area contributed by atoms with Crippen LogP contribution in [-0.2, 0) is 0 Å². The lowest BCUT2D eigenvalue weighted by atomic mass is 10.1. The summed E-state index contributed by atoms with van der Waals surface area (Å²) < 4.78 is 0. The summed E-state index contributed by atoms with van der Waals surface area (Å²) in [6, 6.07) is 10.0. The van der Waals surface area contributed by atoms with E-state index in [1.165, 1.54) is 19.4 Å². The van der Waals surface area contributed by atoms with Crippen LogP contribution < -0.4 is 0 Å². The minimum atomic E-state index is 0.138. The first-order valence-electron chi connectivity index (χ1n) is 9.09. The van der Waals surface area contributed by atoms with Crippen LogP contribution in [0.5, 0.6) is 0 Å². The van der Waals surface area contributed by atoms with Gasteiger partial charge in [-0.3, -0.25) is 9.78 Å². The molecule has 1 aliphatic heterocycles. The third kappa shape index (κ3) is 3.29. The monoisotopic (exact) mass is 323 g/mol. The van der Waals surface area contributed by atoms with Gasteiger partial charge >= 0.3 is 0 Å². The van der Waals surface area contributed by atoms with Gasteiger partial charge in [-0.25, -0.2) is 0 Å². The van der Waals surface area contributed by atoms with E-state index in [0.717, 1.165) is 60.7 Å². The van der Waals surface area contributed by atoms with Crippen molar-refractivity contribution >= 4 is 16.8 Å². The minimum absolute atomic E-state index is 0.138. The second-order valence-corrected chi connectivity index (χ2v) is 7.20. The molecule has 2 aliphatic rings. The van der Waals surface area contributed by atoms with Gasteiger partial charge in [0.05, 0.1) is 16.8 Å². The highest BCUT2D eigenvalue weighted by atomic mass is 16.2. The molecule has 24 heavy (non-hydrogen) atoms. The Morgan fingerprint density at radius 2 is 2.00 bits per heavy atom. The van der Waals surface area contributed by atoms with E-state index in [-0.39, 0.29) is 5.91 Å². The van der Waals surface area contributed by atoms with Crippen molar-refractivity contribution in [2.45, 2.75) is 26.2 Å². The maximum atomic E-state index is 13.0. The van der Waals surface area contributed by atoms with Crippen molar-refractivity contribution in [3.63, 3.8) is 0 Å². The van der Waals surface area contributed by atoms with Gasteiger partial charge in [-0.2, -0.15) is 0 Å². The summed E-state index contributed by atoms with van der Waals surface area (Å²) in [7, 11) is 0. The number of aryl methyl sites for hydroxylation is 1. The van der Waals surface area contributed by atoms with Gasteiger partial charge in [-0.15, -0.1) is 0 Å². The Balaban J connectivity index is 1.51. The van der Waals surface area contributed by atoms with Crippen LogP contribution in [0.2, 0.25) is 0 Å². The third-order valence-corrected chi connectivity index (χ3v) is 5.23. The summed E-state index contributed by atoms with van der Waals surface area (Å²) in [4.78, 5) is 22.2. The van der Waals surface area contributed by atoms with Crippen LogP contribution in [0, 0.1) is 12.8 Å². The zero-order chi connectivity index (χ0) is 16.5. The fourth-order valence-electron chi connectivity index (χ4n) is 3.62. The van der Waals surface area contributed by atoms with E-state index in [9.17, 15) is 4.79 Å². The molecule has 0 N–H and O–H groups in total. The van der Waals surface area contributed by atoms with Gasteiger partial charge in [-0.1, -0.05) is 18.2 Å². The molecular weight excluding hydrogens is 298 g/mol. The zero-order valence-electron chi connectivity index (χ0n) is 14.4. The second kappa shape index (κ2) is 6.52. The van der Waals surface area contributed by atoms with E-state index in [2.05, 4.69) is 9.88 Å². The van der Waals surface area contributed by atoms with Gasteiger partial charge in [0.15, 0.2) is 0 Å². The summed E-state index contributed by atoms with van der Waals surface area (Å²) in [5.41, 5.74) is 2.54. The number of benzene rings is 1. The summed E-state index contributed by atoms with van der Waals surface area (Å²) in [5.74, 6) is 1.05. The maximum absolute atomic E-state index is 13.0. The summed E-state index contributed by atoms with van der Waals surface area (Å²) in [6.07, 6.45) is 3.85. The first-order chi connectivity index (χ1) is 11.7. The average Bonchev–Trinajstić information content (AvgIpc) is 3.41. The summed E-state index contributed by atoms with van der Waals surface area (Å²) in [5, 5.41) is 1.04. The fraction of sp³-hybridized carbons (Fsp3) is 0.500. The molecule has 0 radical (unpaired) electrons. The molecule has 2 aromatic rings. The number of aromatic nitrogens is 1. The largest absolute Gasteiger partial charge is 0.337 e. The van der Waals surface area contributed by atoms with Crippen molar-refractivity contribution < 1.29 is 4.79 Å². The van der Waals surface area contributed by atoms with Crippen molar-refractivity contribution in [1.29, 1.82) is 0 Å². The molecule has 2 fully saturated rings. The number of hydrogen-bond acceptors (Lipinski definition) is 3. The quantitative estimate of drug-likeness (QED) is 0.871. The first kappa shape index (κ1) is 15.6. The van der Waals surface area contributed by atoms with E-state index in [0.29, 0.717) is 0 Å². The van der Waals surface area contributed by atoms with E-state index in [4.69, 9.17) is 0 Å². The van der Waals surface area contributed by atoms with Crippen LogP contribution in [0.3, 0.4) is 0 Å². The molecule has 1 aliphatic carbocycles. The number of amides is 1. The van der Waals surface area contributed by atoms with Crippen LogP contribution in [0.1, 0.15) is 35.3 Å². The molecule has 0 unspecified atom stereocenters. The van der Waals surface area contributed by atoms with Gasteiger partial charge in [0.25, 0.3) is 5.91 Å².